The number of nitrogens with zero attached hydrogens (tertiary/aromatic N) is 2. The Morgan fingerprint density at radius 1 is 1.06 bits per heavy atom. The van der Waals surface area contributed by atoms with Gasteiger partial charge in [0.1, 0.15) is 10.0 Å². The van der Waals surface area contributed by atoms with E-state index >= 15 is 4.39 Å². The Labute approximate surface area is 198 Å². The number of hydrogen-bond acceptors (Lipinski definition) is 4. The molecule has 160 valence electrons. The number of amides is 1. The number of carbonyl (C=O) groups is 1. The number of pyridine rings is 1. The molecule has 4 aromatic rings. The Morgan fingerprint density at radius 3 is 2.62 bits per heavy atom. The van der Waals surface area contributed by atoms with Gasteiger partial charge in [0.25, 0.3) is 0 Å². The van der Waals surface area contributed by atoms with Gasteiger partial charge in [0, 0.05) is 18.3 Å². The van der Waals surface area contributed by atoms with Gasteiger partial charge in [0.15, 0.2) is 5.82 Å². The minimum Gasteiger partial charge on any atom is -0.314 e. The first kappa shape index (κ1) is 22.0. The molecular weight excluding hydrogens is 468 g/mol. The maximum Gasteiger partial charge on any atom is 0.248 e. The molecule has 4 nitrogen and oxygen atoms in total. The molecule has 2 aromatic carbocycles. The van der Waals surface area contributed by atoms with Crippen molar-refractivity contribution in [2.75, 3.05) is 10.2 Å². The van der Waals surface area contributed by atoms with Gasteiger partial charge in [0.05, 0.1) is 27.6 Å². The second kappa shape index (κ2) is 9.96. The van der Waals surface area contributed by atoms with Crippen molar-refractivity contribution in [1.82, 2.24) is 4.98 Å². The van der Waals surface area contributed by atoms with Crippen LogP contribution in [0.2, 0.25) is 10.0 Å². The summed E-state index contributed by atoms with van der Waals surface area (Å²) in [5.41, 5.74) is 1.98. The van der Waals surface area contributed by atoms with Crippen LogP contribution in [0.1, 0.15) is 5.56 Å². The molecule has 0 aliphatic heterocycles. The third-order valence-corrected chi connectivity index (χ3v) is 6.24. The second-order valence-electron chi connectivity index (χ2n) is 6.62. The first-order valence-electron chi connectivity index (χ1n) is 9.50. The number of nitrogens with one attached hydrogen (secondary N) is 1. The monoisotopic (exact) mass is 483 g/mol. The molecule has 2 aromatic heterocycles. The van der Waals surface area contributed by atoms with Crippen molar-refractivity contribution in [3.05, 3.63) is 107 Å². The summed E-state index contributed by atoms with van der Waals surface area (Å²) < 4.78 is 15.1. The molecule has 1 amide bonds. The van der Waals surface area contributed by atoms with E-state index in [0.29, 0.717) is 21.4 Å². The lowest BCUT2D eigenvalue weighted by Gasteiger charge is -2.24. The third kappa shape index (κ3) is 4.99. The van der Waals surface area contributed by atoms with E-state index in [1.807, 2.05) is 30.3 Å². The summed E-state index contributed by atoms with van der Waals surface area (Å²) in [6.45, 7) is 0. The van der Waals surface area contributed by atoms with E-state index in [0.717, 1.165) is 16.9 Å². The molecule has 8 heteroatoms. The van der Waals surface area contributed by atoms with E-state index in [2.05, 4.69) is 10.3 Å². The van der Waals surface area contributed by atoms with Gasteiger partial charge in [-0.25, -0.2) is 4.39 Å². The molecule has 0 atom stereocenters. The topological polar surface area (TPSA) is 45.2 Å². The fraction of sp³-hybridized carbons (Fsp3) is 0. The lowest BCUT2D eigenvalue weighted by Crippen LogP contribution is -2.10. The molecule has 0 saturated heterocycles. The maximum absolute atomic E-state index is 15.1. The zero-order valence-electron chi connectivity index (χ0n) is 16.5. The van der Waals surface area contributed by atoms with E-state index < -0.39 is 5.82 Å². The fourth-order valence-electron chi connectivity index (χ4n) is 2.99. The molecule has 0 spiro atoms. The highest BCUT2D eigenvalue weighted by Crippen LogP contribution is 2.46. The number of hydrogen-bond donors (Lipinski definition) is 1. The molecule has 1 N–H and O–H groups in total. The zero-order valence-corrected chi connectivity index (χ0v) is 18.8. The van der Waals surface area contributed by atoms with Gasteiger partial charge in [-0.05, 0) is 35.9 Å². The molecule has 0 aliphatic carbocycles. The molecule has 0 saturated carbocycles. The summed E-state index contributed by atoms with van der Waals surface area (Å²) in [6, 6.07) is 19.3. The van der Waals surface area contributed by atoms with Crippen molar-refractivity contribution in [3.63, 3.8) is 0 Å². The molecule has 0 radical (unpaired) electrons. The van der Waals surface area contributed by atoms with E-state index in [1.54, 1.807) is 53.7 Å². The maximum atomic E-state index is 15.1. The van der Waals surface area contributed by atoms with E-state index in [4.69, 9.17) is 23.2 Å². The molecule has 4 rings (SSSR count). The van der Waals surface area contributed by atoms with Crippen LogP contribution in [-0.4, -0.2) is 10.9 Å². The lowest BCUT2D eigenvalue weighted by molar-refractivity contribution is -0.111. The first-order valence-corrected chi connectivity index (χ1v) is 11.1. The third-order valence-electron chi connectivity index (χ3n) is 4.42. The lowest BCUT2D eigenvalue weighted by atomic mass is 10.2. The van der Waals surface area contributed by atoms with Gasteiger partial charge in [-0.1, -0.05) is 70.9 Å². The van der Waals surface area contributed by atoms with Gasteiger partial charge in [-0.3, -0.25) is 14.7 Å². The number of carbonyl (C=O) groups excluding carboxylic acids is 1. The molecule has 0 unspecified atom stereocenters. The summed E-state index contributed by atoms with van der Waals surface area (Å²) in [6.07, 6.45) is 6.31. The Hall–Kier alpha value is -3.19. The Kier molecular flexibility index (Phi) is 6.85. The number of anilines is 4. The minimum atomic E-state index is -0.516. The van der Waals surface area contributed by atoms with Crippen LogP contribution in [0.15, 0.2) is 85.2 Å². The number of aromatic nitrogens is 1. The van der Waals surface area contributed by atoms with Crippen LogP contribution >= 0.6 is 34.5 Å². The Bertz CT molecular complexity index is 1260. The average Bonchev–Trinajstić information content (AvgIpc) is 3.16. The quantitative estimate of drug-likeness (QED) is 0.285. The number of benzene rings is 2. The van der Waals surface area contributed by atoms with Gasteiger partial charge in [0.2, 0.25) is 5.91 Å². The molecule has 0 fully saturated rings. The van der Waals surface area contributed by atoms with Crippen molar-refractivity contribution in [1.29, 1.82) is 0 Å². The molecule has 0 aliphatic rings. The molecule has 2 heterocycles. The summed E-state index contributed by atoms with van der Waals surface area (Å²) in [5, 5.41) is 3.92. The van der Waals surface area contributed by atoms with E-state index in [9.17, 15) is 4.79 Å². The highest BCUT2D eigenvalue weighted by molar-refractivity contribution is 7.20. The summed E-state index contributed by atoms with van der Waals surface area (Å²) >= 11 is 13.7. The highest BCUT2D eigenvalue weighted by Gasteiger charge is 2.23. The molecular formula is C24H16Cl2FN3OS. The van der Waals surface area contributed by atoms with Crippen LogP contribution < -0.4 is 10.2 Å². The van der Waals surface area contributed by atoms with Crippen molar-refractivity contribution >= 4 is 67.9 Å². The summed E-state index contributed by atoms with van der Waals surface area (Å²) in [4.78, 5) is 18.1. The minimum absolute atomic E-state index is 0.240. The summed E-state index contributed by atoms with van der Waals surface area (Å²) in [5.74, 6) is -0.882. The van der Waals surface area contributed by atoms with Crippen LogP contribution in [-0.2, 0) is 4.79 Å². The van der Waals surface area contributed by atoms with Crippen molar-refractivity contribution in [3.8, 4) is 0 Å². The SMILES string of the molecule is O=C(C=Cc1ccccc1)Nc1cc(F)c(N(c2cccnc2)c2cccc(Cl)c2Cl)s1. The number of halogens is 3. The van der Waals surface area contributed by atoms with Gasteiger partial charge >= 0.3 is 0 Å². The van der Waals surface area contributed by atoms with Crippen molar-refractivity contribution in [2.45, 2.75) is 0 Å². The Balaban J connectivity index is 1.66. The predicted molar refractivity (Wildman–Crippen MR) is 131 cm³/mol. The van der Waals surface area contributed by atoms with E-state index in [1.165, 1.54) is 12.1 Å². The normalized spacial score (nSPS) is 11.0. The van der Waals surface area contributed by atoms with Crippen LogP contribution in [0, 0.1) is 5.82 Å². The van der Waals surface area contributed by atoms with Crippen LogP contribution in [0.25, 0.3) is 6.08 Å². The standard InChI is InChI=1S/C24H16Cl2FN3OS/c25-18-9-4-10-20(23(18)26)30(17-8-5-13-28-15-17)24-19(27)14-22(32-24)29-21(31)12-11-16-6-2-1-3-7-16/h1-15H,(H,29,31). The smallest absolute Gasteiger partial charge is 0.248 e. The Morgan fingerprint density at radius 2 is 1.88 bits per heavy atom. The zero-order chi connectivity index (χ0) is 22.5. The average molecular weight is 484 g/mol. The molecule has 32 heavy (non-hydrogen) atoms. The van der Waals surface area contributed by atoms with Gasteiger partial charge in [-0.2, -0.15) is 0 Å². The fourth-order valence-corrected chi connectivity index (χ4v) is 4.34. The number of rotatable bonds is 6. The van der Waals surface area contributed by atoms with Crippen LogP contribution in [0.5, 0.6) is 0 Å². The van der Waals surface area contributed by atoms with E-state index in [-0.39, 0.29) is 15.9 Å². The first-order chi connectivity index (χ1) is 15.5. The van der Waals surface area contributed by atoms with Crippen molar-refractivity contribution < 1.29 is 9.18 Å². The highest BCUT2D eigenvalue weighted by atomic mass is 35.5. The van der Waals surface area contributed by atoms with Gasteiger partial charge in [-0.15, -0.1) is 0 Å². The van der Waals surface area contributed by atoms with Crippen LogP contribution in [0.4, 0.5) is 25.8 Å². The molecule has 0 bridgehead atoms. The largest absolute Gasteiger partial charge is 0.314 e. The van der Waals surface area contributed by atoms with Crippen LogP contribution in [0.3, 0.4) is 0 Å². The number of thiophene rings is 1. The second-order valence-corrected chi connectivity index (χ2v) is 8.43. The predicted octanol–water partition coefficient (Wildman–Crippen LogP) is 7.71. The van der Waals surface area contributed by atoms with Crippen molar-refractivity contribution in [2.24, 2.45) is 0 Å². The van der Waals surface area contributed by atoms with Gasteiger partial charge < -0.3 is 5.32 Å². The summed E-state index contributed by atoms with van der Waals surface area (Å²) in [7, 11) is 0.